The van der Waals surface area contributed by atoms with Crippen molar-refractivity contribution in [1.82, 2.24) is 4.98 Å². The van der Waals surface area contributed by atoms with Crippen LogP contribution in [0.25, 0.3) is 16.8 Å². The van der Waals surface area contributed by atoms with Crippen molar-refractivity contribution < 1.29 is 14.3 Å². The second-order valence-corrected chi connectivity index (χ2v) is 6.90. The average molecular weight is 410 g/mol. The highest BCUT2D eigenvalue weighted by Crippen LogP contribution is 2.31. The Hall–Kier alpha value is -4.12. The number of methoxy groups -OCH3 is 1. The van der Waals surface area contributed by atoms with Gasteiger partial charge in [0.1, 0.15) is 6.61 Å². The molecule has 4 aromatic rings. The van der Waals surface area contributed by atoms with Crippen LogP contribution in [-0.4, -0.2) is 18.0 Å². The number of anilines is 1. The third kappa shape index (κ3) is 5.08. The molecule has 0 bridgehead atoms. The number of rotatable bonds is 7. The van der Waals surface area contributed by atoms with Gasteiger partial charge in [-0.15, -0.1) is 0 Å². The molecule has 0 aliphatic heterocycles. The number of fused-ring (bicyclic) bond motifs is 1. The topological polar surface area (TPSA) is 60.5 Å². The summed E-state index contributed by atoms with van der Waals surface area (Å²) >= 11 is 0. The maximum atomic E-state index is 12.5. The largest absolute Gasteiger partial charge is 0.493 e. The number of aromatic nitrogens is 1. The van der Waals surface area contributed by atoms with Gasteiger partial charge in [-0.2, -0.15) is 0 Å². The Morgan fingerprint density at radius 2 is 1.77 bits per heavy atom. The van der Waals surface area contributed by atoms with E-state index in [-0.39, 0.29) is 5.91 Å². The number of ether oxygens (including phenoxy) is 2. The lowest BCUT2D eigenvalue weighted by Crippen LogP contribution is -2.08. The number of nitrogens with zero attached hydrogens (tertiary/aromatic N) is 1. The van der Waals surface area contributed by atoms with E-state index in [9.17, 15) is 4.79 Å². The summed E-state index contributed by atoms with van der Waals surface area (Å²) in [5.74, 6) is 0.923. The van der Waals surface area contributed by atoms with Gasteiger partial charge in [0, 0.05) is 30.2 Å². The lowest BCUT2D eigenvalue weighted by Gasteiger charge is -2.12. The summed E-state index contributed by atoms with van der Waals surface area (Å²) in [6, 6.07) is 23.2. The molecular weight excluding hydrogens is 388 g/mol. The van der Waals surface area contributed by atoms with Crippen LogP contribution < -0.4 is 14.8 Å². The average Bonchev–Trinajstić information content (AvgIpc) is 2.82. The van der Waals surface area contributed by atoms with Crippen molar-refractivity contribution in [2.24, 2.45) is 0 Å². The van der Waals surface area contributed by atoms with Crippen LogP contribution >= 0.6 is 0 Å². The normalized spacial score (nSPS) is 10.9. The zero-order valence-corrected chi connectivity index (χ0v) is 17.1. The molecular formula is C26H22N2O3. The number of pyridine rings is 1. The first-order chi connectivity index (χ1) is 15.2. The molecule has 0 aliphatic rings. The monoisotopic (exact) mass is 410 g/mol. The van der Waals surface area contributed by atoms with Crippen LogP contribution in [0.2, 0.25) is 0 Å². The van der Waals surface area contributed by atoms with Gasteiger partial charge in [0.15, 0.2) is 11.5 Å². The molecule has 0 saturated heterocycles. The first-order valence-corrected chi connectivity index (χ1v) is 9.89. The van der Waals surface area contributed by atoms with Crippen molar-refractivity contribution in [2.45, 2.75) is 6.61 Å². The first kappa shape index (κ1) is 20.2. The minimum Gasteiger partial charge on any atom is -0.493 e. The van der Waals surface area contributed by atoms with Crippen LogP contribution in [0.15, 0.2) is 91.3 Å². The molecule has 1 amide bonds. The van der Waals surface area contributed by atoms with Crippen LogP contribution in [0.3, 0.4) is 0 Å². The highest BCUT2D eigenvalue weighted by molar-refractivity contribution is 6.03. The molecule has 0 aliphatic carbocycles. The maximum absolute atomic E-state index is 12.5. The van der Waals surface area contributed by atoms with Crippen LogP contribution in [-0.2, 0) is 11.4 Å². The van der Waals surface area contributed by atoms with Gasteiger partial charge in [-0.25, -0.2) is 0 Å². The second-order valence-electron chi connectivity index (χ2n) is 6.90. The molecule has 4 rings (SSSR count). The number of hydrogen-bond donors (Lipinski definition) is 1. The Morgan fingerprint density at radius 1 is 0.968 bits per heavy atom. The molecule has 0 saturated carbocycles. The summed E-state index contributed by atoms with van der Waals surface area (Å²) in [6.45, 7) is 0.372. The van der Waals surface area contributed by atoms with Crippen molar-refractivity contribution in [3.8, 4) is 11.5 Å². The Labute approximate surface area is 181 Å². The first-order valence-electron chi connectivity index (χ1n) is 9.89. The molecule has 31 heavy (non-hydrogen) atoms. The predicted octanol–water partition coefficient (Wildman–Crippen LogP) is 5.47. The molecule has 1 aromatic heterocycles. The smallest absolute Gasteiger partial charge is 0.248 e. The van der Waals surface area contributed by atoms with E-state index in [4.69, 9.17) is 9.47 Å². The Morgan fingerprint density at radius 3 is 2.61 bits per heavy atom. The van der Waals surface area contributed by atoms with E-state index in [1.54, 1.807) is 37.7 Å². The summed E-state index contributed by atoms with van der Waals surface area (Å²) in [5, 5.41) is 5.12. The third-order valence-electron chi connectivity index (χ3n) is 4.81. The molecule has 1 N–H and O–H groups in total. The molecule has 0 fully saturated rings. The zero-order chi connectivity index (χ0) is 21.5. The van der Waals surface area contributed by atoms with E-state index in [2.05, 4.69) is 22.4 Å². The number of nitrogens with one attached hydrogen (secondary N) is 1. The van der Waals surface area contributed by atoms with Crippen molar-refractivity contribution in [2.75, 3.05) is 12.4 Å². The Kier molecular flexibility index (Phi) is 6.24. The van der Waals surface area contributed by atoms with E-state index >= 15 is 0 Å². The molecule has 5 heteroatoms. The molecule has 0 spiro atoms. The van der Waals surface area contributed by atoms with Gasteiger partial charge >= 0.3 is 0 Å². The molecule has 1 heterocycles. The van der Waals surface area contributed by atoms with Gasteiger partial charge in [0.2, 0.25) is 5.91 Å². The molecule has 5 nitrogen and oxygen atoms in total. The highest BCUT2D eigenvalue weighted by Gasteiger charge is 2.08. The predicted molar refractivity (Wildman–Crippen MR) is 123 cm³/mol. The number of benzene rings is 3. The van der Waals surface area contributed by atoms with Gasteiger partial charge in [-0.3, -0.25) is 9.78 Å². The van der Waals surface area contributed by atoms with E-state index in [0.29, 0.717) is 23.8 Å². The standard InChI is InChI=1S/C26H22N2O3/c1-30-24-11-10-22(17-25(24)31-18-19-13-15-27-16-14-19)28-26(29)12-9-21-7-4-6-20-5-2-3-8-23(20)21/h2-17H,18H2,1H3,(H,28,29)/b12-9+. The lowest BCUT2D eigenvalue weighted by molar-refractivity contribution is -0.111. The number of hydrogen-bond acceptors (Lipinski definition) is 4. The van der Waals surface area contributed by atoms with E-state index in [1.165, 1.54) is 6.08 Å². The van der Waals surface area contributed by atoms with Gasteiger partial charge in [-0.1, -0.05) is 42.5 Å². The van der Waals surface area contributed by atoms with Gasteiger partial charge < -0.3 is 14.8 Å². The molecule has 154 valence electrons. The van der Waals surface area contributed by atoms with Gasteiger partial charge in [0.05, 0.1) is 7.11 Å². The van der Waals surface area contributed by atoms with Crippen molar-refractivity contribution in [1.29, 1.82) is 0 Å². The zero-order valence-electron chi connectivity index (χ0n) is 17.1. The Balaban J connectivity index is 1.46. The fraction of sp³-hybridized carbons (Fsp3) is 0.0769. The van der Waals surface area contributed by atoms with Crippen LogP contribution in [0.1, 0.15) is 11.1 Å². The second kappa shape index (κ2) is 9.59. The Bertz CT molecular complexity index is 1210. The number of carbonyl (C=O) groups excluding carboxylic acids is 1. The third-order valence-corrected chi connectivity index (χ3v) is 4.81. The summed E-state index contributed by atoms with van der Waals surface area (Å²) in [7, 11) is 1.58. The van der Waals surface area contributed by atoms with Crippen molar-refractivity contribution in [3.05, 3.63) is 102 Å². The fourth-order valence-corrected chi connectivity index (χ4v) is 3.25. The summed E-state index contributed by atoms with van der Waals surface area (Å²) < 4.78 is 11.3. The molecule has 0 atom stereocenters. The van der Waals surface area contributed by atoms with Gasteiger partial charge in [-0.05, 0) is 52.2 Å². The molecule has 0 unspecified atom stereocenters. The van der Waals surface area contributed by atoms with E-state index in [1.807, 2.05) is 48.5 Å². The minimum atomic E-state index is -0.224. The maximum Gasteiger partial charge on any atom is 0.248 e. The fourth-order valence-electron chi connectivity index (χ4n) is 3.25. The van der Waals surface area contributed by atoms with Crippen LogP contribution in [0, 0.1) is 0 Å². The number of carbonyl (C=O) groups is 1. The molecule has 3 aromatic carbocycles. The van der Waals surface area contributed by atoms with Gasteiger partial charge in [0.25, 0.3) is 0 Å². The minimum absolute atomic E-state index is 0.224. The van der Waals surface area contributed by atoms with Crippen LogP contribution in [0.5, 0.6) is 11.5 Å². The summed E-state index contributed by atoms with van der Waals surface area (Å²) in [6.07, 6.45) is 6.79. The van der Waals surface area contributed by atoms with Crippen molar-refractivity contribution >= 4 is 28.4 Å². The van der Waals surface area contributed by atoms with Crippen molar-refractivity contribution in [3.63, 3.8) is 0 Å². The molecule has 0 radical (unpaired) electrons. The quantitative estimate of drug-likeness (QED) is 0.410. The van der Waals surface area contributed by atoms with Crippen LogP contribution in [0.4, 0.5) is 5.69 Å². The van der Waals surface area contributed by atoms with E-state index in [0.717, 1.165) is 21.9 Å². The lowest BCUT2D eigenvalue weighted by atomic mass is 10.0. The summed E-state index contributed by atoms with van der Waals surface area (Å²) in [5.41, 5.74) is 2.60. The summed E-state index contributed by atoms with van der Waals surface area (Å²) in [4.78, 5) is 16.5. The highest BCUT2D eigenvalue weighted by atomic mass is 16.5. The number of amides is 1. The SMILES string of the molecule is COc1ccc(NC(=O)/C=C/c2cccc3ccccc23)cc1OCc1ccncc1. The van der Waals surface area contributed by atoms with E-state index < -0.39 is 0 Å².